The maximum absolute atomic E-state index is 14.6. The molecule has 31 heavy (non-hydrogen) atoms. The number of halogens is 2. The molecule has 160 valence electrons. The summed E-state index contributed by atoms with van der Waals surface area (Å²) in [5.74, 6) is 0.0771. The van der Waals surface area contributed by atoms with Crippen LogP contribution in [0.5, 0.6) is 5.75 Å². The Kier molecular flexibility index (Phi) is 5.36. The summed E-state index contributed by atoms with van der Waals surface area (Å²) >= 11 is 6.39. The highest BCUT2D eigenvalue weighted by Gasteiger charge is 2.17. The van der Waals surface area contributed by atoms with Gasteiger partial charge in [0.25, 0.3) is 0 Å². The Morgan fingerprint density at radius 2 is 1.87 bits per heavy atom. The van der Waals surface area contributed by atoms with Crippen molar-refractivity contribution in [3.63, 3.8) is 0 Å². The number of benzene rings is 2. The van der Waals surface area contributed by atoms with Gasteiger partial charge in [-0.15, -0.1) is 0 Å². The highest BCUT2D eigenvalue weighted by molar-refractivity contribution is 6.33. The zero-order valence-electron chi connectivity index (χ0n) is 17.4. The van der Waals surface area contributed by atoms with E-state index in [1.165, 1.54) is 19.2 Å². The van der Waals surface area contributed by atoms with E-state index in [1.54, 1.807) is 16.8 Å². The Labute approximate surface area is 182 Å². The average Bonchev–Trinajstić information content (AvgIpc) is 3.21. The monoisotopic (exact) mass is 442 g/mol. The molecule has 8 nitrogen and oxygen atoms in total. The molecule has 2 aromatic heterocycles. The number of aromatic nitrogens is 6. The van der Waals surface area contributed by atoms with Gasteiger partial charge in [-0.2, -0.15) is 14.5 Å². The lowest BCUT2D eigenvalue weighted by Crippen LogP contribution is -2.23. The maximum Gasteiger partial charge on any atom is 0.368 e. The second-order valence-electron chi connectivity index (χ2n) is 7.17. The molecule has 2 heterocycles. The van der Waals surface area contributed by atoms with Crippen LogP contribution in [0.15, 0.2) is 41.2 Å². The lowest BCUT2D eigenvalue weighted by atomic mass is 10.1. The minimum atomic E-state index is -0.500. The number of hydrogen-bond donors (Lipinski definition) is 0. The first-order valence-corrected chi connectivity index (χ1v) is 9.85. The Hall–Kier alpha value is -3.46. The van der Waals surface area contributed by atoms with Gasteiger partial charge in [-0.3, -0.25) is 4.68 Å². The molecule has 4 aromatic rings. The molecule has 0 amide bonds. The first kappa shape index (κ1) is 20.8. The van der Waals surface area contributed by atoms with E-state index in [0.717, 1.165) is 26.2 Å². The smallest absolute Gasteiger partial charge is 0.368 e. The van der Waals surface area contributed by atoms with Gasteiger partial charge in [-0.1, -0.05) is 17.7 Å². The fraction of sp³-hybridized carbons (Fsp3) is 0.238. The Morgan fingerprint density at radius 3 is 2.48 bits per heavy atom. The third kappa shape index (κ3) is 3.72. The van der Waals surface area contributed by atoms with Crippen LogP contribution >= 0.6 is 11.6 Å². The summed E-state index contributed by atoms with van der Waals surface area (Å²) in [4.78, 5) is 12.2. The number of hydrogen-bond acceptors (Lipinski definition) is 5. The number of rotatable bonds is 5. The second kappa shape index (κ2) is 7.99. The summed E-state index contributed by atoms with van der Waals surface area (Å²) in [7, 11) is 3.31. The fourth-order valence-electron chi connectivity index (χ4n) is 3.23. The fourth-order valence-corrected chi connectivity index (χ4v) is 3.50. The van der Waals surface area contributed by atoms with E-state index < -0.39 is 11.5 Å². The average molecular weight is 443 g/mol. The van der Waals surface area contributed by atoms with Gasteiger partial charge < -0.3 is 4.74 Å². The van der Waals surface area contributed by atoms with E-state index in [1.807, 2.05) is 33.0 Å². The van der Waals surface area contributed by atoms with Crippen LogP contribution in [0.4, 0.5) is 4.39 Å². The van der Waals surface area contributed by atoms with Crippen LogP contribution in [0.25, 0.3) is 16.9 Å². The second-order valence-corrected chi connectivity index (χ2v) is 7.55. The molecule has 0 aliphatic rings. The molecule has 10 heteroatoms. The Bertz CT molecular complexity index is 1340. The van der Waals surface area contributed by atoms with E-state index in [-0.39, 0.29) is 17.9 Å². The summed E-state index contributed by atoms with van der Waals surface area (Å²) in [6, 6.07) is 9.97. The van der Waals surface area contributed by atoms with Gasteiger partial charge in [0.2, 0.25) is 0 Å². The van der Waals surface area contributed by atoms with Gasteiger partial charge in [-0.25, -0.2) is 9.18 Å². The molecule has 0 bridgehead atoms. The van der Waals surface area contributed by atoms with Crippen LogP contribution in [0.2, 0.25) is 5.02 Å². The predicted molar refractivity (Wildman–Crippen MR) is 114 cm³/mol. The lowest BCUT2D eigenvalue weighted by molar-refractivity contribution is 0.297. The maximum atomic E-state index is 14.6. The molecule has 0 spiro atoms. The van der Waals surface area contributed by atoms with Crippen molar-refractivity contribution < 1.29 is 9.13 Å². The van der Waals surface area contributed by atoms with E-state index in [9.17, 15) is 9.18 Å². The highest BCUT2D eigenvalue weighted by atomic mass is 35.5. The van der Waals surface area contributed by atoms with Crippen molar-refractivity contribution in [2.45, 2.75) is 20.5 Å². The molecule has 0 N–H and O–H groups in total. The lowest BCUT2D eigenvalue weighted by Gasteiger charge is -2.13. The van der Waals surface area contributed by atoms with Crippen molar-refractivity contribution in [3.05, 3.63) is 74.5 Å². The van der Waals surface area contributed by atoms with Crippen LogP contribution < -0.4 is 10.4 Å². The standard InChI is InChI=1S/C21H20ClFN6O2/c1-12-10-14(20-19(22)13(2)27(3)24-20)8-9-18(12)31-11-15-16(23)6-5-7-17(15)29-21(30)28(4)25-26-29/h5-10H,11H2,1-4H3. The quantitative estimate of drug-likeness (QED) is 0.473. The van der Waals surface area contributed by atoms with Crippen molar-refractivity contribution in [2.24, 2.45) is 14.1 Å². The minimum absolute atomic E-state index is 0.0886. The Morgan fingerprint density at radius 1 is 1.10 bits per heavy atom. The third-order valence-electron chi connectivity index (χ3n) is 5.13. The van der Waals surface area contributed by atoms with E-state index in [0.29, 0.717) is 16.5 Å². The van der Waals surface area contributed by atoms with Crippen LogP contribution in [0.1, 0.15) is 16.8 Å². The number of ether oxygens (including phenoxy) is 1. The van der Waals surface area contributed by atoms with E-state index in [2.05, 4.69) is 15.5 Å². The molecule has 0 fully saturated rings. The van der Waals surface area contributed by atoms with Gasteiger partial charge >= 0.3 is 5.69 Å². The normalized spacial score (nSPS) is 11.2. The third-order valence-corrected chi connectivity index (χ3v) is 5.58. The Balaban J connectivity index is 1.63. The topological polar surface area (TPSA) is 79.8 Å². The van der Waals surface area contributed by atoms with Crippen LogP contribution in [-0.2, 0) is 20.7 Å². The summed E-state index contributed by atoms with van der Waals surface area (Å²) in [5, 5.41) is 12.5. The van der Waals surface area contributed by atoms with Crippen LogP contribution in [0, 0.1) is 19.7 Å². The SMILES string of the molecule is Cc1cc(-c2nn(C)c(C)c2Cl)ccc1OCc1c(F)cccc1-n1nnn(C)c1=O. The molecule has 0 radical (unpaired) electrons. The van der Waals surface area contributed by atoms with Gasteiger partial charge in [0.15, 0.2) is 0 Å². The van der Waals surface area contributed by atoms with Crippen molar-refractivity contribution >= 4 is 11.6 Å². The van der Waals surface area contributed by atoms with Crippen molar-refractivity contribution in [3.8, 4) is 22.7 Å². The predicted octanol–water partition coefficient (Wildman–Crippen LogP) is 3.35. The van der Waals surface area contributed by atoms with Gasteiger partial charge in [-0.05, 0) is 60.2 Å². The molecule has 4 rings (SSSR count). The summed E-state index contributed by atoms with van der Waals surface area (Å²) in [6.07, 6.45) is 0. The van der Waals surface area contributed by atoms with Crippen molar-refractivity contribution in [2.75, 3.05) is 0 Å². The van der Waals surface area contributed by atoms with E-state index in [4.69, 9.17) is 16.3 Å². The first-order chi connectivity index (χ1) is 14.8. The number of tetrazole rings is 1. The van der Waals surface area contributed by atoms with Crippen molar-refractivity contribution in [1.29, 1.82) is 0 Å². The molecular formula is C21H20ClFN6O2. The highest BCUT2D eigenvalue weighted by Crippen LogP contribution is 2.32. The molecule has 2 aromatic carbocycles. The zero-order valence-corrected chi connectivity index (χ0v) is 18.2. The molecule has 0 saturated carbocycles. The van der Waals surface area contributed by atoms with Gasteiger partial charge in [0.1, 0.15) is 23.9 Å². The molecule has 0 aliphatic carbocycles. The number of nitrogens with zero attached hydrogens (tertiary/aromatic N) is 6. The van der Waals surface area contributed by atoms with Gasteiger partial charge in [0.05, 0.1) is 22.0 Å². The minimum Gasteiger partial charge on any atom is -0.488 e. The van der Waals surface area contributed by atoms with E-state index >= 15 is 0 Å². The molecule has 0 unspecified atom stereocenters. The summed E-state index contributed by atoms with van der Waals surface area (Å²) in [6.45, 7) is 3.70. The summed E-state index contributed by atoms with van der Waals surface area (Å²) < 4.78 is 24.3. The molecule has 0 saturated heterocycles. The summed E-state index contributed by atoms with van der Waals surface area (Å²) in [5.41, 5.74) is 3.27. The molecule has 0 atom stereocenters. The molecular weight excluding hydrogens is 423 g/mol. The zero-order chi connectivity index (χ0) is 22.3. The van der Waals surface area contributed by atoms with Crippen LogP contribution in [0.3, 0.4) is 0 Å². The van der Waals surface area contributed by atoms with Crippen LogP contribution in [-0.4, -0.2) is 29.6 Å². The largest absolute Gasteiger partial charge is 0.488 e. The first-order valence-electron chi connectivity index (χ1n) is 9.47. The molecule has 0 aliphatic heterocycles. The van der Waals surface area contributed by atoms with Crippen molar-refractivity contribution in [1.82, 2.24) is 29.6 Å². The number of aryl methyl sites for hydroxylation is 3. The van der Waals surface area contributed by atoms with Gasteiger partial charge in [0, 0.05) is 19.7 Å².